The molecule has 0 saturated carbocycles. The highest BCUT2D eigenvalue weighted by atomic mass is 19.4. The van der Waals surface area contributed by atoms with Gasteiger partial charge in [0.1, 0.15) is 0 Å². The van der Waals surface area contributed by atoms with Crippen molar-refractivity contribution in [3.63, 3.8) is 0 Å². The van der Waals surface area contributed by atoms with Gasteiger partial charge in [-0.25, -0.2) is 0 Å². The Balaban J connectivity index is 3.27. The summed E-state index contributed by atoms with van der Waals surface area (Å²) in [7, 11) is 1.49. The number of pyridine rings is 1. The first-order chi connectivity index (χ1) is 9.24. The molecule has 1 aromatic heterocycles. The minimum absolute atomic E-state index is 0.111. The molecule has 0 aliphatic rings. The number of rotatable bonds is 6. The summed E-state index contributed by atoms with van der Waals surface area (Å²) in [6.45, 7) is 6.07. The fourth-order valence-electron chi connectivity index (χ4n) is 2.03. The van der Waals surface area contributed by atoms with Gasteiger partial charge in [0.15, 0.2) is 0 Å². The number of halogens is 3. The maximum Gasteiger partial charge on any atom is 0.416 e. The number of nitrogens with one attached hydrogen (secondary N) is 1. The summed E-state index contributed by atoms with van der Waals surface area (Å²) in [6.07, 6.45) is -1.17. The third-order valence-electron chi connectivity index (χ3n) is 3.29. The molecule has 114 valence electrons. The van der Waals surface area contributed by atoms with E-state index in [1.165, 1.54) is 13.3 Å². The lowest BCUT2D eigenvalue weighted by Gasteiger charge is -2.35. The van der Waals surface area contributed by atoms with Crippen LogP contribution >= 0.6 is 0 Å². The summed E-state index contributed by atoms with van der Waals surface area (Å²) in [5, 5.41) is 3.12. The lowest BCUT2D eigenvalue weighted by Crippen LogP contribution is -2.42. The number of aromatic nitrogens is 1. The standard InChI is InChI=1S/C14H21F3N2O/c1-5-7-19-12(13(2,3)20-4)10-9-18-8-6-11(10)14(15,16)17/h6,8-9,12,19H,5,7H2,1-4H3. The van der Waals surface area contributed by atoms with E-state index in [0.717, 1.165) is 18.7 Å². The molecule has 0 bridgehead atoms. The fraction of sp³-hybridized carbons (Fsp3) is 0.643. The van der Waals surface area contributed by atoms with Crippen molar-refractivity contribution in [3.05, 3.63) is 29.6 Å². The largest absolute Gasteiger partial charge is 0.416 e. The number of alkyl halides is 3. The molecule has 0 aliphatic carbocycles. The molecule has 0 spiro atoms. The Morgan fingerprint density at radius 2 is 2.00 bits per heavy atom. The second-order valence-electron chi connectivity index (χ2n) is 5.16. The van der Waals surface area contributed by atoms with Gasteiger partial charge in [0, 0.05) is 25.1 Å². The zero-order chi connectivity index (χ0) is 15.4. The van der Waals surface area contributed by atoms with Gasteiger partial charge < -0.3 is 10.1 Å². The van der Waals surface area contributed by atoms with Gasteiger partial charge in [-0.05, 0) is 32.9 Å². The Bertz CT molecular complexity index is 433. The van der Waals surface area contributed by atoms with E-state index in [1.54, 1.807) is 13.8 Å². The highest BCUT2D eigenvalue weighted by Crippen LogP contribution is 2.38. The molecule has 0 aliphatic heterocycles. The number of ether oxygens (including phenoxy) is 1. The van der Waals surface area contributed by atoms with Crippen molar-refractivity contribution >= 4 is 0 Å². The maximum atomic E-state index is 13.1. The van der Waals surface area contributed by atoms with E-state index in [4.69, 9.17) is 4.74 Å². The van der Waals surface area contributed by atoms with Crippen molar-refractivity contribution in [2.75, 3.05) is 13.7 Å². The second-order valence-corrected chi connectivity index (χ2v) is 5.16. The van der Waals surface area contributed by atoms with Crippen LogP contribution in [0.4, 0.5) is 13.2 Å². The Kier molecular flexibility index (Phi) is 5.53. The zero-order valence-electron chi connectivity index (χ0n) is 12.2. The van der Waals surface area contributed by atoms with Gasteiger partial charge in [0.25, 0.3) is 0 Å². The van der Waals surface area contributed by atoms with Crippen LogP contribution in [0.3, 0.4) is 0 Å². The van der Waals surface area contributed by atoms with Crippen LogP contribution in [0.15, 0.2) is 18.5 Å². The number of nitrogens with zero attached hydrogens (tertiary/aromatic N) is 1. The van der Waals surface area contributed by atoms with Crippen LogP contribution in [0.1, 0.15) is 44.4 Å². The fourth-order valence-corrected chi connectivity index (χ4v) is 2.03. The third-order valence-corrected chi connectivity index (χ3v) is 3.29. The third kappa shape index (κ3) is 3.93. The molecule has 1 atom stereocenters. The monoisotopic (exact) mass is 290 g/mol. The van der Waals surface area contributed by atoms with Crippen molar-refractivity contribution in [1.29, 1.82) is 0 Å². The number of methoxy groups -OCH3 is 1. The normalized spacial score (nSPS) is 14.3. The van der Waals surface area contributed by atoms with Crippen LogP contribution in [0.5, 0.6) is 0 Å². The summed E-state index contributed by atoms with van der Waals surface area (Å²) < 4.78 is 44.7. The Morgan fingerprint density at radius 3 is 2.50 bits per heavy atom. The minimum atomic E-state index is -4.41. The first-order valence-corrected chi connectivity index (χ1v) is 6.53. The van der Waals surface area contributed by atoms with Gasteiger partial charge in [0.05, 0.1) is 17.2 Å². The van der Waals surface area contributed by atoms with E-state index >= 15 is 0 Å². The molecular weight excluding hydrogens is 269 g/mol. The van der Waals surface area contributed by atoms with Gasteiger partial charge in [-0.2, -0.15) is 13.2 Å². The van der Waals surface area contributed by atoms with Gasteiger partial charge in [-0.15, -0.1) is 0 Å². The smallest absolute Gasteiger partial charge is 0.377 e. The van der Waals surface area contributed by atoms with E-state index < -0.39 is 23.4 Å². The summed E-state index contributed by atoms with van der Waals surface area (Å²) in [4.78, 5) is 3.84. The van der Waals surface area contributed by atoms with E-state index in [0.29, 0.717) is 6.54 Å². The van der Waals surface area contributed by atoms with E-state index in [9.17, 15) is 13.2 Å². The Labute approximate surface area is 117 Å². The van der Waals surface area contributed by atoms with E-state index in [1.807, 2.05) is 6.92 Å². The molecule has 1 heterocycles. The molecule has 0 amide bonds. The molecule has 1 unspecified atom stereocenters. The summed E-state index contributed by atoms with van der Waals surface area (Å²) in [6, 6.07) is 0.416. The predicted octanol–water partition coefficient (Wildman–Crippen LogP) is 3.57. The molecule has 6 heteroatoms. The van der Waals surface area contributed by atoms with E-state index in [2.05, 4.69) is 10.3 Å². The minimum Gasteiger partial charge on any atom is -0.377 e. The number of hydrogen-bond acceptors (Lipinski definition) is 3. The first-order valence-electron chi connectivity index (χ1n) is 6.53. The molecular formula is C14H21F3N2O. The topological polar surface area (TPSA) is 34.2 Å². The van der Waals surface area contributed by atoms with Gasteiger partial charge in [-0.3, -0.25) is 4.98 Å². The number of hydrogen-bond donors (Lipinski definition) is 1. The van der Waals surface area contributed by atoms with Crippen LogP contribution in [0.2, 0.25) is 0 Å². The van der Waals surface area contributed by atoms with Gasteiger partial charge in [-0.1, -0.05) is 6.92 Å². The van der Waals surface area contributed by atoms with Crippen molar-refractivity contribution in [3.8, 4) is 0 Å². The van der Waals surface area contributed by atoms with Crippen LogP contribution in [0, 0.1) is 0 Å². The molecule has 1 N–H and O–H groups in total. The molecule has 20 heavy (non-hydrogen) atoms. The zero-order valence-corrected chi connectivity index (χ0v) is 12.2. The van der Waals surface area contributed by atoms with Crippen LogP contribution in [-0.4, -0.2) is 24.2 Å². The first kappa shape index (κ1) is 16.9. The van der Waals surface area contributed by atoms with Gasteiger partial charge in [0.2, 0.25) is 0 Å². The van der Waals surface area contributed by atoms with Crippen molar-refractivity contribution in [1.82, 2.24) is 10.3 Å². The lowest BCUT2D eigenvalue weighted by atomic mass is 9.89. The average Bonchev–Trinajstić information content (AvgIpc) is 2.38. The highest BCUT2D eigenvalue weighted by molar-refractivity contribution is 5.31. The van der Waals surface area contributed by atoms with Crippen LogP contribution in [0.25, 0.3) is 0 Å². The predicted molar refractivity (Wildman–Crippen MR) is 71.4 cm³/mol. The van der Waals surface area contributed by atoms with Crippen molar-refractivity contribution < 1.29 is 17.9 Å². The van der Waals surface area contributed by atoms with Crippen LogP contribution < -0.4 is 5.32 Å². The molecule has 0 radical (unpaired) electrons. The molecule has 0 fully saturated rings. The maximum absolute atomic E-state index is 13.1. The average molecular weight is 290 g/mol. The Morgan fingerprint density at radius 1 is 1.35 bits per heavy atom. The van der Waals surface area contributed by atoms with Crippen molar-refractivity contribution in [2.24, 2.45) is 0 Å². The molecule has 1 rings (SSSR count). The summed E-state index contributed by atoms with van der Waals surface area (Å²) in [5.74, 6) is 0. The molecule has 0 aromatic carbocycles. The van der Waals surface area contributed by atoms with Crippen molar-refractivity contribution in [2.45, 2.75) is 45.0 Å². The lowest BCUT2D eigenvalue weighted by molar-refractivity contribution is -0.139. The second kappa shape index (κ2) is 6.54. The Hall–Kier alpha value is -1.14. The molecule has 3 nitrogen and oxygen atoms in total. The highest BCUT2D eigenvalue weighted by Gasteiger charge is 2.39. The molecule has 1 aromatic rings. The summed E-state index contributed by atoms with van der Waals surface area (Å²) >= 11 is 0. The van der Waals surface area contributed by atoms with Crippen LogP contribution in [-0.2, 0) is 10.9 Å². The molecule has 0 saturated heterocycles. The summed E-state index contributed by atoms with van der Waals surface area (Å²) in [5.41, 5.74) is -1.34. The van der Waals surface area contributed by atoms with Gasteiger partial charge >= 0.3 is 6.18 Å². The van der Waals surface area contributed by atoms with E-state index in [-0.39, 0.29) is 5.56 Å². The quantitative estimate of drug-likeness (QED) is 0.869. The SMILES string of the molecule is CCCNC(c1cnccc1C(F)(F)F)C(C)(C)OC.